The number of fused-ring (bicyclic) bond motifs is 1. The smallest absolute Gasteiger partial charge is 0.157 e. The molecule has 0 spiro atoms. The summed E-state index contributed by atoms with van der Waals surface area (Å²) < 4.78 is 19.1. The number of nitrogen functional groups attached to an aromatic ring is 1. The Morgan fingerprint density at radius 2 is 2.20 bits per heavy atom. The van der Waals surface area contributed by atoms with E-state index in [1.54, 1.807) is 30.8 Å². The molecule has 1 aliphatic rings. The fourth-order valence-electron chi connectivity index (χ4n) is 2.97. The van der Waals surface area contributed by atoms with Gasteiger partial charge in [-0.05, 0) is 51.9 Å². The summed E-state index contributed by atoms with van der Waals surface area (Å²) in [5, 5.41) is 7.58. The summed E-state index contributed by atoms with van der Waals surface area (Å²) in [7, 11) is 3.48. The third kappa shape index (κ3) is 4.86. The van der Waals surface area contributed by atoms with Crippen molar-refractivity contribution < 1.29 is 9.13 Å². The second-order valence-electron chi connectivity index (χ2n) is 7.23. The van der Waals surface area contributed by atoms with Crippen molar-refractivity contribution in [3.63, 3.8) is 0 Å². The minimum Gasteiger partial charge on any atom is -0.495 e. The van der Waals surface area contributed by atoms with Gasteiger partial charge in [-0.25, -0.2) is 18.9 Å². The zero-order valence-electron chi connectivity index (χ0n) is 17.5. The number of alkyl halides is 1. The third-order valence-corrected chi connectivity index (χ3v) is 4.80. The number of ether oxygens (including phenoxy) is 1. The van der Waals surface area contributed by atoms with E-state index in [0.29, 0.717) is 35.1 Å². The van der Waals surface area contributed by atoms with Gasteiger partial charge in [0.2, 0.25) is 0 Å². The molecule has 7 nitrogen and oxygen atoms in total. The molecule has 4 rings (SSSR count). The summed E-state index contributed by atoms with van der Waals surface area (Å²) in [5.41, 5.74) is 9.61. The molecular formula is C22H27FN6O. The standard InChI is InChI=1S/C17H15N5O.C5H12FN/c1-3-10-6-7-12(20-17(10)18)13-9-19-15-8-14(23-2)16(11-4-5-11)21-22(13)15;1-5(6)3-4-7-2/h1,6-9,11H,4-5H2,2H3,(H2,18,20);5,7H,3-4H2,1-2H3. The summed E-state index contributed by atoms with van der Waals surface area (Å²) in [6.45, 7) is 2.34. The molecular weight excluding hydrogens is 383 g/mol. The summed E-state index contributed by atoms with van der Waals surface area (Å²) in [6.07, 6.45) is 9.36. The van der Waals surface area contributed by atoms with Gasteiger partial charge in [-0.2, -0.15) is 5.10 Å². The monoisotopic (exact) mass is 410 g/mol. The van der Waals surface area contributed by atoms with Gasteiger partial charge in [-0.3, -0.25) is 0 Å². The number of hydrogen-bond donors (Lipinski definition) is 2. The van der Waals surface area contributed by atoms with Crippen LogP contribution in [-0.2, 0) is 0 Å². The van der Waals surface area contributed by atoms with E-state index in [2.05, 4.69) is 21.2 Å². The van der Waals surface area contributed by atoms with Crippen LogP contribution < -0.4 is 15.8 Å². The van der Waals surface area contributed by atoms with Crippen LogP contribution in [0.4, 0.5) is 10.2 Å². The maximum absolute atomic E-state index is 11.8. The van der Waals surface area contributed by atoms with E-state index < -0.39 is 6.17 Å². The largest absolute Gasteiger partial charge is 0.495 e. The van der Waals surface area contributed by atoms with Gasteiger partial charge >= 0.3 is 0 Å². The molecule has 1 aliphatic carbocycles. The van der Waals surface area contributed by atoms with Crippen LogP contribution in [0, 0.1) is 12.3 Å². The molecule has 3 aromatic rings. The maximum Gasteiger partial charge on any atom is 0.157 e. The molecule has 3 aromatic heterocycles. The van der Waals surface area contributed by atoms with Gasteiger partial charge in [-0.15, -0.1) is 6.42 Å². The van der Waals surface area contributed by atoms with E-state index in [4.69, 9.17) is 22.0 Å². The number of halogens is 1. The van der Waals surface area contributed by atoms with Crippen LogP contribution in [0.25, 0.3) is 17.0 Å². The van der Waals surface area contributed by atoms with Crippen LogP contribution in [-0.4, -0.2) is 46.5 Å². The van der Waals surface area contributed by atoms with Crippen LogP contribution in [0.3, 0.4) is 0 Å². The number of aromatic nitrogens is 4. The van der Waals surface area contributed by atoms with E-state index >= 15 is 0 Å². The van der Waals surface area contributed by atoms with Crippen molar-refractivity contribution in [1.29, 1.82) is 0 Å². The Morgan fingerprint density at radius 3 is 2.73 bits per heavy atom. The summed E-state index contributed by atoms with van der Waals surface area (Å²) >= 11 is 0. The number of pyridine rings is 1. The quantitative estimate of drug-likeness (QED) is 0.607. The normalized spacial score (nSPS) is 14.0. The molecule has 0 bridgehead atoms. The van der Waals surface area contributed by atoms with E-state index in [-0.39, 0.29) is 0 Å². The molecule has 3 heterocycles. The van der Waals surface area contributed by atoms with E-state index in [1.165, 1.54) is 0 Å². The Bertz CT molecular complexity index is 1050. The summed E-state index contributed by atoms with van der Waals surface area (Å²) in [4.78, 5) is 8.77. The lowest BCUT2D eigenvalue weighted by atomic mass is 10.2. The van der Waals surface area contributed by atoms with Crippen molar-refractivity contribution >= 4 is 11.5 Å². The zero-order chi connectivity index (χ0) is 21.7. The molecule has 8 heteroatoms. The van der Waals surface area contributed by atoms with Crippen molar-refractivity contribution in [3.05, 3.63) is 35.7 Å². The summed E-state index contributed by atoms with van der Waals surface area (Å²) in [6, 6.07) is 5.52. The van der Waals surface area contributed by atoms with Gasteiger partial charge in [0.15, 0.2) is 5.65 Å². The average molecular weight is 410 g/mol. The fraction of sp³-hybridized carbons (Fsp3) is 0.409. The molecule has 1 saturated carbocycles. The number of methoxy groups -OCH3 is 1. The Balaban J connectivity index is 0.000000318. The maximum atomic E-state index is 11.8. The lowest BCUT2D eigenvalue weighted by Gasteiger charge is -2.08. The molecule has 0 saturated heterocycles. The highest BCUT2D eigenvalue weighted by Gasteiger charge is 2.29. The number of anilines is 1. The number of nitrogens with zero attached hydrogens (tertiary/aromatic N) is 4. The first kappa shape index (κ1) is 21.5. The fourth-order valence-corrected chi connectivity index (χ4v) is 2.97. The Labute approximate surface area is 175 Å². The Kier molecular flexibility index (Phi) is 6.85. The van der Waals surface area contributed by atoms with Gasteiger partial charge in [0.1, 0.15) is 23.0 Å². The minimum atomic E-state index is -0.660. The number of rotatable bonds is 6. The van der Waals surface area contributed by atoms with Crippen LogP contribution in [0.5, 0.6) is 5.75 Å². The molecule has 1 atom stereocenters. The number of nitrogens with two attached hydrogens (primary N) is 1. The molecule has 0 radical (unpaired) electrons. The average Bonchev–Trinajstić information content (AvgIpc) is 3.51. The molecule has 3 N–H and O–H groups in total. The van der Waals surface area contributed by atoms with E-state index in [0.717, 1.165) is 36.5 Å². The van der Waals surface area contributed by atoms with Crippen LogP contribution in [0.1, 0.15) is 43.4 Å². The number of terminal acetylenes is 1. The first-order chi connectivity index (χ1) is 14.5. The van der Waals surface area contributed by atoms with Gasteiger partial charge in [0.25, 0.3) is 0 Å². The SMILES string of the molecule is C#Cc1ccc(-c2cnc3cc(OC)c(C4CC4)nn23)nc1N.CNCCC(C)F. The topological polar surface area (TPSA) is 90.4 Å². The van der Waals surface area contributed by atoms with Crippen LogP contribution >= 0.6 is 0 Å². The predicted octanol–water partition coefficient (Wildman–Crippen LogP) is 3.19. The Morgan fingerprint density at radius 1 is 1.43 bits per heavy atom. The first-order valence-electron chi connectivity index (χ1n) is 9.93. The molecule has 1 unspecified atom stereocenters. The van der Waals surface area contributed by atoms with Crippen LogP contribution in [0.15, 0.2) is 24.4 Å². The highest BCUT2D eigenvalue weighted by atomic mass is 19.1. The summed E-state index contributed by atoms with van der Waals surface area (Å²) in [5.74, 6) is 4.09. The zero-order valence-corrected chi connectivity index (χ0v) is 17.5. The molecule has 158 valence electrons. The molecule has 0 aliphatic heterocycles. The van der Waals surface area contributed by atoms with Crippen molar-refractivity contribution in [3.8, 4) is 29.5 Å². The van der Waals surface area contributed by atoms with Gasteiger partial charge < -0.3 is 15.8 Å². The number of hydrogen-bond acceptors (Lipinski definition) is 6. The first-order valence-corrected chi connectivity index (χ1v) is 9.93. The number of nitrogens with one attached hydrogen (secondary N) is 1. The predicted molar refractivity (Wildman–Crippen MR) is 116 cm³/mol. The lowest BCUT2D eigenvalue weighted by molar-refractivity contribution is 0.339. The van der Waals surface area contributed by atoms with Crippen molar-refractivity contribution in [2.45, 2.75) is 38.3 Å². The second-order valence-corrected chi connectivity index (χ2v) is 7.23. The molecule has 30 heavy (non-hydrogen) atoms. The third-order valence-electron chi connectivity index (χ3n) is 4.80. The van der Waals surface area contributed by atoms with E-state index in [1.807, 2.05) is 19.2 Å². The highest BCUT2D eigenvalue weighted by Crippen LogP contribution is 2.43. The van der Waals surface area contributed by atoms with Crippen molar-refractivity contribution in [2.24, 2.45) is 0 Å². The van der Waals surface area contributed by atoms with Crippen LogP contribution in [0.2, 0.25) is 0 Å². The lowest BCUT2D eigenvalue weighted by Crippen LogP contribution is -2.11. The molecule has 0 amide bonds. The minimum absolute atomic E-state index is 0.330. The van der Waals surface area contributed by atoms with E-state index in [9.17, 15) is 4.39 Å². The van der Waals surface area contributed by atoms with Crippen molar-refractivity contribution in [2.75, 3.05) is 26.4 Å². The van der Waals surface area contributed by atoms with Gasteiger partial charge in [0, 0.05) is 12.0 Å². The van der Waals surface area contributed by atoms with Gasteiger partial charge in [-0.1, -0.05) is 5.92 Å². The van der Waals surface area contributed by atoms with Gasteiger partial charge in [0.05, 0.1) is 30.7 Å². The van der Waals surface area contributed by atoms with Crippen molar-refractivity contribution in [1.82, 2.24) is 24.9 Å². The highest BCUT2D eigenvalue weighted by molar-refractivity contribution is 5.64. The Hall–Kier alpha value is -3.18. The molecule has 0 aromatic carbocycles. The second kappa shape index (κ2) is 9.55. The number of imidazole rings is 1. The molecule has 1 fully saturated rings.